The monoisotopic (exact) mass is 651 g/mol. The van der Waals surface area contributed by atoms with Crippen LogP contribution in [0.15, 0.2) is 102 Å². The maximum Gasteiger partial charge on any atom is 0.264 e. The number of halogens is 2. The number of sulfonamides is 1. The van der Waals surface area contributed by atoms with Gasteiger partial charge in [0.05, 0.1) is 10.6 Å². The van der Waals surface area contributed by atoms with E-state index in [1.54, 1.807) is 62.4 Å². The first kappa shape index (κ1) is 33.1. The fraction of sp³-hybridized carbons (Fsp3) is 0.235. The first-order valence-electron chi connectivity index (χ1n) is 14.2. The van der Waals surface area contributed by atoms with E-state index < -0.39 is 28.5 Å². The molecule has 0 bridgehead atoms. The Bertz CT molecular complexity index is 1710. The second-order valence-corrected chi connectivity index (χ2v) is 13.2. The summed E-state index contributed by atoms with van der Waals surface area (Å²) in [5.41, 5.74) is 3.21. The van der Waals surface area contributed by atoms with Crippen LogP contribution in [-0.4, -0.2) is 44.3 Å². The number of amides is 2. The number of likely N-dealkylation sites (N-methyl/N-ethyl adjacent to an activating group) is 1. The molecule has 2 amide bonds. The average Bonchev–Trinajstić information content (AvgIpc) is 3.00. The molecular formula is C34H35Cl2N3O4S. The number of nitrogens with one attached hydrogen (secondary N) is 1. The lowest BCUT2D eigenvalue weighted by molar-refractivity contribution is -0.140. The summed E-state index contributed by atoms with van der Waals surface area (Å²) in [5.74, 6) is -0.911. The molecule has 0 saturated carbocycles. The Morgan fingerprint density at radius 3 is 2.16 bits per heavy atom. The van der Waals surface area contributed by atoms with Crippen LogP contribution >= 0.6 is 23.2 Å². The van der Waals surface area contributed by atoms with Crippen LogP contribution in [0.3, 0.4) is 0 Å². The Morgan fingerprint density at radius 2 is 1.50 bits per heavy atom. The molecule has 0 spiro atoms. The highest BCUT2D eigenvalue weighted by atomic mass is 35.5. The number of benzene rings is 4. The molecule has 0 aliphatic carbocycles. The highest BCUT2D eigenvalue weighted by Gasteiger charge is 2.35. The van der Waals surface area contributed by atoms with Gasteiger partial charge in [-0.15, -0.1) is 0 Å². The molecule has 0 aliphatic heterocycles. The van der Waals surface area contributed by atoms with E-state index in [-0.39, 0.29) is 29.5 Å². The number of anilines is 1. The molecule has 0 fully saturated rings. The summed E-state index contributed by atoms with van der Waals surface area (Å²) >= 11 is 12.7. The molecule has 4 aromatic rings. The van der Waals surface area contributed by atoms with Gasteiger partial charge in [-0.05, 0) is 73.9 Å². The van der Waals surface area contributed by atoms with E-state index in [1.165, 1.54) is 17.0 Å². The van der Waals surface area contributed by atoms with Gasteiger partial charge in [-0.2, -0.15) is 0 Å². The third-order valence-corrected chi connectivity index (χ3v) is 9.68. The van der Waals surface area contributed by atoms with E-state index in [9.17, 15) is 18.0 Å². The number of hydrogen-bond acceptors (Lipinski definition) is 4. The Morgan fingerprint density at radius 1 is 0.841 bits per heavy atom. The van der Waals surface area contributed by atoms with Crippen molar-refractivity contribution < 1.29 is 18.0 Å². The molecule has 0 aromatic heterocycles. The van der Waals surface area contributed by atoms with E-state index in [4.69, 9.17) is 23.2 Å². The predicted molar refractivity (Wildman–Crippen MR) is 177 cm³/mol. The highest BCUT2D eigenvalue weighted by Crippen LogP contribution is 2.31. The molecule has 4 aromatic carbocycles. The molecule has 230 valence electrons. The molecule has 1 N–H and O–H groups in total. The third-order valence-electron chi connectivity index (χ3n) is 7.26. The van der Waals surface area contributed by atoms with Crippen LogP contribution in [0.1, 0.15) is 29.2 Å². The molecular weight excluding hydrogens is 617 g/mol. The highest BCUT2D eigenvalue weighted by molar-refractivity contribution is 7.92. The summed E-state index contributed by atoms with van der Waals surface area (Å²) in [7, 11) is -4.23. The van der Waals surface area contributed by atoms with Crippen molar-refractivity contribution in [2.75, 3.05) is 17.4 Å². The van der Waals surface area contributed by atoms with Gasteiger partial charge in [-0.1, -0.05) is 89.4 Å². The molecule has 44 heavy (non-hydrogen) atoms. The van der Waals surface area contributed by atoms with Crippen LogP contribution in [0, 0.1) is 13.8 Å². The van der Waals surface area contributed by atoms with Gasteiger partial charge in [0.25, 0.3) is 10.0 Å². The minimum absolute atomic E-state index is 0.0287. The van der Waals surface area contributed by atoms with Gasteiger partial charge in [-0.25, -0.2) is 8.42 Å². The summed E-state index contributed by atoms with van der Waals surface area (Å²) in [5, 5.41) is 3.69. The maximum atomic E-state index is 14.5. The zero-order chi connectivity index (χ0) is 31.9. The van der Waals surface area contributed by atoms with Gasteiger partial charge in [0, 0.05) is 29.6 Å². The summed E-state index contributed by atoms with van der Waals surface area (Å²) in [6.45, 7) is 5.19. The van der Waals surface area contributed by atoms with Crippen LogP contribution < -0.4 is 9.62 Å². The lowest BCUT2D eigenvalue weighted by Crippen LogP contribution is -2.53. The van der Waals surface area contributed by atoms with Crippen molar-refractivity contribution in [3.05, 3.63) is 129 Å². The minimum Gasteiger partial charge on any atom is -0.355 e. The lowest BCUT2D eigenvalue weighted by Gasteiger charge is -2.34. The van der Waals surface area contributed by atoms with E-state index >= 15 is 0 Å². The summed E-state index contributed by atoms with van der Waals surface area (Å²) in [6, 6.07) is 26.8. The molecule has 4 rings (SSSR count). The molecule has 0 heterocycles. The van der Waals surface area contributed by atoms with Crippen molar-refractivity contribution in [2.45, 2.75) is 44.7 Å². The second-order valence-electron chi connectivity index (χ2n) is 10.5. The second kappa shape index (κ2) is 14.8. The molecule has 7 nitrogen and oxygen atoms in total. The maximum absolute atomic E-state index is 14.5. The van der Waals surface area contributed by atoms with Crippen molar-refractivity contribution in [3.8, 4) is 0 Å². The zero-order valence-corrected chi connectivity index (χ0v) is 27.2. The Hall–Kier alpha value is -3.85. The summed E-state index contributed by atoms with van der Waals surface area (Å²) in [6.07, 6.45) is 0.222. The van der Waals surface area contributed by atoms with Crippen molar-refractivity contribution in [3.63, 3.8) is 0 Å². The number of aryl methyl sites for hydroxylation is 1. The van der Waals surface area contributed by atoms with Gasteiger partial charge in [0.2, 0.25) is 11.8 Å². The first-order chi connectivity index (χ1) is 21.0. The number of rotatable bonds is 12. The predicted octanol–water partition coefficient (Wildman–Crippen LogP) is 6.58. The SMILES string of the molecule is CCNC(=O)[C@H](Cc1ccccc1)N(Cc1cccc(Cl)c1)C(=O)CN(c1cccc(Cl)c1C)S(=O)(=O)c1ccc(C)cc1. The van der Waals surface area contributed by atoms with Gasteiger partial charge >= 0.3 is 0 Å². The molecule has 0 saturated heterocycles. The number of carbonyl (C=O) groups is 2. The zero-order valence-electron chi connectivity index (χ0n) is 24.8. The van der Waals surface area contributed by atoms with Crippen LogP contribution in [0.2, 0.25) is 10.0 Å². The van der Waals surface area contributed by atoms with Crippen molar-refractivity contribution in [1.82, 2.24) is 10.2 Å². The van der Waals surface area contributed by atoms with Gasteiger partial charge in [-0.3, -0.25) is 13.9 Å². The van der Waals surface area contributed by atoms with Crippen LogP contribution in [0.25, 0.3) is 0 Å². The first-order valence-corrected chi connectivity index (χ1v) is 16.4. The van der Waals surface area contributed by atoms with Crippen molar-refractivity contribution >= 4 is 50.7 Å². The van der Waals surface area contributed by atoms with E-state index in [0.717, 1.165) is 15.4 Å². The van der Waals surface area contributed by atoms with Crippen LogP contribution in [0.5, 0.6) is 0 Å². The fourth-order valence-electron chi connectivity index (χ4n) is 4.90. The molecule has 0 unspecified atom stereocenters. The number of hydrogen-bond donors (Lipinski definition) is 1. The molecule has 1 atom stereocenters. The molecule has 0 radical (unpaired) electrons. The quantitative estimate of drug-likeness (QED) is 0.187. The van der Waals surface area contributed by atoms with Gasteiger partial charge < -0.3 is 10.2 Å². The van der Waals surface area contributed by atoms with E-state index in [1.807, 2.05) is 43.3 Å². The topological polar surface area (TPSA) is 86.8 Å². The third kappa shape index (κ3) is 8.00. The van der Waals surface area contributed by atoms with Gasteiger partial charge in [0.1, 0.15) is 12.6 Å². The Kier molecular flexibility index (Phi) is 11.1. The standard InChI is InChI=1S/C34H35Cl2N3O4S/c1-4-37-34(41)32(21-26-10-6-5-7-11-26)38(22-27-12-8-13-28(35)20-27)33(40)23-39(31-15-9-14-30(36)25(31)3)44(42,43)29-18-16-24(2)17-19-29/h5-20,32H,4,21-23H2,1-3H3,(H,37,41)/t32-/m0/s1. The smallest absolute Gasteiger partial charge is 0.264 e. The lowest BCUT2D eigenvalue weighted by atomic mass is 10.0. The number of nitrogens with zero attached hydrogens (tertiary/aromatic N) is 2. The van der Waals surface area contributed by atoms with E-state index in [0.29, 0.717) is 27.7 Å². The van der Waals surface area contributed by atoms with Gasteiger partial charge in [0.15, 0.2) is 0 Å². The Labute approximate surface area is 269 Å². The average molecular weight is 653 g/mol. The van der Waals surface area contributed by atoms with E-state index in [2.05, 4.69) is 5.32 Å². The Balaban J connectivity index is 1.83. The number of carbonyl (C=O) groups excluding carboxylic acids is 2. The van der Waals surface area contributed by atoms with Crippen LogP contribution in [0.4, 0.5) is 5.69 Å². The van der Waals surface area contributed by atoms with Crippen molar-refractivity contribution in [1.29, 1.82) is 0 Å². The molecule has 10 heteroatoms. The minimum atomic E-state index is -4.23. The van der Waals surface area contributed by atoms with Crippen molar-refractivity contribution in [2.24, 2.45) is 0 Å². The van der Waals surface area contributed by atoms with Crippen LogP contribution in [-0.2, 0) is 32.6 Å². The molecule has 0 aliphatic rings. The summed E-state index contributed by atoms with van der Waals surface area (Å²) in [4.78, 5) is 29.5. The normalized spacial score (nSPS) is 11.9. The summed E-state index contributed by atoms with van der Waals surface area (Å²) < 4.78 is 29.4. The largest absolute Gasteiger partial charge is 0.355 e. The fourth-order valence-corrected chi connectivity index (χ4v) is 6.75.